The van der Waals surface area contributed by atoms with Crippen LogP contribution < -0.4 is 5.73 Å². The minimum absolute atomic E-state index is 0.873. The molecule has 1 aromatic heterocycles. The van der Waals surface area contributed by atoms with Crippen molar-refractivity contribution in [1.29, 1.82) is 0 Å². The molecule has 0 fully saturated rings. The highest BCUT2D eigenvalue weighted by atomic mass is 32.2. The summed E-state index contributed by atoms with van der Waals surface area (Å²) in [7, 11) is 0. The number of thioether (sulfide) groups is 1. The Morgan fingerprint density at radius 1 is 1.46 bits per heavy atom. The van der Waals surface area contributed by atoms with Crippen LogP contribution in [0.5, 0.6) is 0 Å². The van der Waals surface area contributed by atoms with Crippen LogP contribution in [0.25, 0.3) is 10.1 Å². The third-order valence-corrected chi connectivity index (χ3v) is 4.56. The fourth-order valence-corrected chi connectivity index (χ4v) is 3.49. The second kappa shape index (κ2) is 3.44. The molecule has 0 aliphatic carbocycles. The number of hydrogen-bond acceptors (Lipinski definition) is 4. The van der Waals surface area contributed by atoms with E-state index < -0.39 is 0 Å². The predicted octanol–water partition coefficient (Wildman–Crippen LogP) is 3.49. The standard InChI is InChI=1S/C9H9NS3/c1-12-9-8(10)7-5(11)3-2-4-6(7)13-9/h2-4,11H,10H2,1H3. The Bertz CT molecular complexity index is 447. The molecular weight excluding hydrogens is 218 g/mol. The smallest absolute Gasteiger partial charge is 0.0839 e. The summed E-state index contributed by atoms with van der Waals surface area (Å²) in [6, 6.07) is 6.05. The van der Waals surface area contributed by atoms with Gasteiger partial charge in [0, 0.05) is 15.0 Å². The molecule has 0 amide bonds. The van der Waals surface area contributed by atoms with Gasteiger partial charge in [0.05, 0.1) is 9.90 Å². The van der Waals surface area contributed by atoms with Crippen molar-refractivity contribution < 1.29 is 0 Å². The van der Waals surface area contributed by atoms with Gasteiger partial charge in [-0.05, 0) is 18.4 Å². The van der Waals surface area contributed by atoms with E-state index in [1.165, 1.54) is 8.91 Å². The summed E-state index contributed by atoms with van der Waals surface area (Å²) in [6.45, 7) is 0. The third kappa shape index (κ3) is 1.43. The Labute approximate surface area is 90.7 Å². The maximum absolute atomic E-state index is 5.99. The van der Waals surface area contributed by atoms with E-state index in [1.807, 2.05) is 18.4 Å². The Morgan fingerprint density at radius 2 is 2.23 bits per heavy atom. The molecule has 0 bridgehead atoms. The summed E-state index contributed by atoms with van der Waals surface area (Å²) < 4.78 is 2.39. The van der Waals surface area contributed by atoms with Gasteiger partial charge < -0.3 is 5.73 Å². The van der Waals surface area contributed by atoms with Crippen molar-refractivity contribution in [3.05, 3.63) is 18.2 Å². The maximum atomic E-state index is 5.99. The van der Waals surface area contributed by atoms with Crippen LogP contribution in [0.1, 0.15) is 0 Å². The van der Waals surface area contributed by atoms with Gasteiger partial charge in [0.15, 0.2) is 0 Å². The molecule has 0 radical (unpaired) electrons. The average Bonchev–Trinajstić information content (AvgIpc) is 2.44. The van der Waals surface area contributed by atoms with Crippen LogP contribution in [-0.4, -0.2) is 6.26 Å². The average molecular weight is 227 g/mol. The molecule has 0 aliphatic heterocycles. The molecule has 1 aromatic carbocycles. The first-order valence-electron chi connectivity index (χ1n) is 3.78. The quantitative estimate of drug-likeness (QED) is 0.576. The lowest BCUT2D eigenvalue weighted by atomic mass is 10.2. The summed E-state index contributed by atoms with van der Waals surface area (Å²) in [5.41, 5.74) is 6.86. The van der Waals surface area contributed by atoms with Crippen LogP contribution in [0.3, 0.4) is 0 Å². The molecule has 0 saturated carbocycles. The molecule has 1 nitrogen and oxygen atoms in total. The van der Waals surface area contributed by atoms with Crippen molar-refractivity contribution in [3.63, 3.8) is 0 Å². The second-order valence-electron chi connectivity index (χ2n) is 2.66. The summed E-state index contributed by atoms with van der Waals surface area (Å²) in [6.07, 6.45) is 2.04. The largest absolute Gasteiger partial charge is 0.397 e. The topological polar surface area (TPSA) is 26.0 Å². The number of thiol groups is 1. The zero-order chi connectivity index (χ0) is 9.42. The molecule has 0 unspecified atom stereocenters. The minimum atomic E-state index is 0.873. The van der Waals surface area contributed by atoms with Crippen molar-refractivity contribution >= 4 is 51.5 Å². The number of fused-ring (bicyclic) bond motifs is 1. The molecule has 0 aliphatic rings. The highest BCUT2D eigenvalue weighted by Crippen LogP contribution is 2.41. The van der Waals surface area contributed by atoms with E-state index in [9.17, 15) is 0 Å². The number of nitrogen functional groups attached to an aromatic ring is 1. The van der Waals surface area contributed by atoms with Gasteiger partial charge in [-0.3, -0.25) is 0 Å². The predicted molar refractivity (Wildman–Crippen MR) is 65.3 cm³/mol. The number of rotatable bonds is 1. The maximum Gasteiger partial charge on any atom is 0.0839 e. The molecule has 13 heavy (non-hydrogen) atoms. The molecular formula is C9H9NS3. The van der Waals surface area contributed by atoms with E-state index in [2.05, 4.69) is 18.7 Å². The fraction of sp³-hybridized carbons (Fsp3) is 0.111. The van der Waals surface area contributed by atoms with E-state index >= 15 is 0 Å². The van der Waals surface area contributed by atoms with Crippen molar-refractivity contribution in [2.24, 2.45) is 0 Å². The van der Waals surface area contributed by atoms with Crippen LogP contribution in [0.15, 0.2) is 27.3 Å². The van der Waals surface area contributed by atoms with Crippen molar-refractivity contribution in [1.82, 2.24) is 0 Å². The Balaban J connectivity index is 2.85. The molecule has 4 heteroatoms. The van der Waals surface area contributed by atoms with E-state index in [0.29, 0.717) is 0 Å². The molecule has 0 spiro atoms. The molecule has 2 rings (SSSR count). The van der Waals surface area contributed by atoms with Crippen molar-refractivity contribution in [3.8, 4) is 0 Å². The molecule has 1 heterocycles. The first-order valence-corrected chi connectivity index (χ1v) is 6.27. The number of anilines is 1. The lowest BCUT2D eigenvalue weighted by Crippen LogP contribution is -1.83. The van der Waals surface area contributed by atoms with Gasteiger partial charge in [-0.2, -0.15) is 0 Å². The Morgan fingerprint density at radius 3 is 2.85 bits per heavy atom. The SMILES string of the molecule is CSc1sc2cccc(S)c2c1N. The Kier molecular flexibility index (Phi) is 2.45. The third-order valence-electron chi connectivity index (χ3n) is 1.88. The summed E-state index contributed by atoms with van der Waals surface area (Å²) in [5.74, 6) is 0. The van der Waals surface area contributed by atoms with Gasteiger partial charge in [-0.1, -0.05) is 6.07 Å². The highest BCUT2D eigenvalue weighted by Gasteiger charge is 2.09. The van der Waals surface area contributed by atoms with Crippen molar-refractivity contribution in [2.75, 3.05) is 12.0 Å². The first kappa shape index (κ1) is 9.24. The number of hydrogen-bond donors (Lipinski definition) is 2. The van der Waals surface area contributed by atoms with Crippen LogP contribution >= 0.6 is 35.7 Å². The van der Waals surface area contributed by atoms with E-state index in [1.54, 1.807) is 23.1 Å². The summed E-state index contributed by atoms with van der Waals surface area (Å²) in [5, 5.41) is 1.10. The highest BCUT2D eigenvalue weighted by molar-refractivity contribution is 8.00. The molecule has 2 N–H and O–H groups in total. The van der Waals surface area contributed by atoms with E-state index in [-0.39, 0.29) is 0 Å². The molecule has 2 aromatic rings. The Hall–Kier alpha value is -0.320. The van der Waals surface area contributed by atoms with Gasteiger partial charge in [0.1, 0.15) is 0 Å². The summed E-state index contributed by atoms with van der Waals surface area (Å²) in [4.78, 5) is 0.964. The van der Waals surface area contributed by atoms with Gasteiger partial charge in [0.2, 0.25) is 0 Å². The molecule has 0 saturated heterocycles. The zero-order valence-electron chi connectivity index (χ0n) is 7.07. The number of thiophene rings is 1. The van der Waals surface area contributed by atoms with Gasteiger partial charge in [-0.25, -0.2) is 0 Å². The van der Waals surface area contributed by atoms with Crippen LogP contribution in [0, 0.1) is 0 Å². The first-order chi connectivity index (χ1) is 6.24. The minimum Gasteiger partial charge on any atom is -0.397 e. The number of benzene rings is 1. The lowest BCUT2D eigenvalue weighted by molar-refractivity contribution is 1.57. The normalized spacial score (nSPS) is 10.9. The van der Waals surface area contributed by atoms with Crippen LogP contribution in [0.2, 0.25) is 0 Å². The van der Waals surface area contributed by atoms with Gasteiger partial charge in [0.25, 0.3) is 0 Å². The van der Waals surface area contributed by atoms with E-state index in [0.717, 1.165) is 16.0 Å². The van der Waals surface area contributed by atoms with E-state index in [4.69, 9.17) is 5.73 Å². The van der Waals surface area contributed by atoms with Crippen LogP contribution in [0.4, 0.5) is 5.69 Å². The summed E-state index contributed by atoms with van der Waals surface area (Å²) >= 11 is 7.81. The van der Waals surface area contributed by atoms with Crippen molar-refractivity contribution in [2.45, 2.75) is 9.10 Å². The van der Waals surface area contributed by atoms with Gasteiger partial charge in [-0.15, -0.1) is 35.7 Å². The molecule has 68 valence electrons. The lowest BCUT2D eigenvalue weighted by Gasteiger charge is -1.96. The molecule has 0 atom stereocenters. The fourth-order valence-electron chi connectivity index (χ4n) is 1.28. The zero-order valence-corrected chi connectivity index (χ0v) is 9.60. The number of nitrogens with two attached hydrogens (primary N) is 1. The monoisotopic (exact) mass is 227 g/mol. The van der Waals surface area contributed by atoms with Gasteiger partial charge >= 0.3 is 0 Å². The second-order valence-corrected chi connectivity index (χ2v) is 5.27. The van der Waals surface area contributed by atoms with Crippen LogP contribution in [-0.2, 0) is 0 Å².